The van der Waals surface area contributed by atoms with E-state index in [1.165, 1.54) is 18.2 Å². The second-order valence-electron chi connectivity index (χ2n) is 5.97. The van der Waals surface area contributed by atoms with Gasteiger partial charge in [-0.3, -0.25) is 4.31 Å². The van der Waals surface area contributed by atoms with Crippen molar-refractivity contribution in [1.29, 1.82) is 0 Å². The van der Waals surface area contributed by atoms with E-state index in [4.69, 9.17) is 5.11 Å². The Morgan fingerprint density at radius 3 is 2.44 bits per heavy atom. The Bertz CT molecular complexity index is 1020. The van der Waals surface area contributed by atoms with Crippen LogP contribution in [0.15, 0.2) is 41.3 Å². The molecule has 0 amide bonds. The van der Waals surface area contributed by atoms with Gasteiger partial charge in [0.1, 0.15) is 5.82 Å². The fourth-order valence-corrected chi connectivity index (χ4v) is 4.52. The van der Waals surface area contributed by atoms with Crippen molar-refractivity contribution >= 4 is 21.7 Å². The molecule has 0 unspecified atom stereocenters. The molecule has 0 aromatic heterocycles. The summed E-state index contributed by atoms with van der Waals surface area (Å²) in [5, 5.41) is 9.05. The van der Waals surface area contributed by atoms with Gasteiger partial charge in [-0.05, 0) is 54.8 Å². The van der Waals surface area contributed by atoms with Crippen molar-refractivity contribution < 1.29 is 35.9 Å². The normalized spacial score (nSPS) is 14.7. The van der Waals surface area contributed by atoms with Crippen molar-refractivity contribution in [2.75, 3.05) is 10.8 Å². The number of carbonyl (C=O) groups is 1. The number of benzene rings is 2. The van der Waals surface area contributed by atoms with Gasteiger partial charge in [0.05, 0.1) is 21.7 Å². The standard InChI is InChI=1S/C17H13F4NO4S/c18-14-5-4-12(9-13(14)17(19,20)21)27(25,26)22-7-1-2-10-8-11(16(23)24)3-6-15(10)22/h3-6,8-9H,1-2,7H2,(H,23,24). The van der Waals surface area contributed by atoms with E-state index in [0.717, 1.165) is 10.4 Å². The summed E-state index contributed by atoms with van der Waals surface area (Å²) in [6, 6.07) is 5.38. The molecule has 0 aliphatic carbocycles. The molecule has 0 bridgehead atoms. The summed E-state index contributed by atoms with van der Waals surface area (Å²) in [5.74, 6) is -2.74. The van der Waals surface area contributed by atoms with Crippen molar-refractivity contribution in [2.45, 2.75) is 23.9 Å². The molecule has 0 atom stereocenters. The van der Waals surface area contributed by atoms with Crippen molar-refractivity contribution in [1.82, 2.24) is 0 Å². The first kappa shape index (κ1) is 19.2. The second-order valence-corrected chi connectivity index (χ2v) is 7.83. The number of rotatable bonds is 3. The summed E-state index contributed by atoms with van der Waals surface area (Å²) < 4.78 is 78.9. The highest BCUT2D eigenvalue weighted by atomic mass is 32.2. The molecule has 144 valence electrons. The van der Waals surface area contributed by atoms with E-state index >= 15 is 0 Å². The summed E-state index contributed by atoms with van der Waals surface area (Å²) in [7, 11) is -4.39. The quantitative estimate of drug-likeness (QED) is 0.794. The maximum atomic E-state index is 13.5. The summed E-state index contributed by atoms with van der Waals surface area (Å²) in [6.45, 7) is 0.0144. The predicted octanol–water partition coefficient (Wildman–Crippen LogP) is 3.68. The van der Waals surface area contributed by atoms with Gasteiger partial charge in [0.25, 0.3) is 10.0 Å². The number of aromatic carboxylic acids is 1. The fourth-order valence-electron chi connectivity index (χ4n) is 2.95. The van der Waals surface area contributed by atoms with Crippen LogP contribution >= 0.6 is 0 Å². The number of hydrogen-bond acceptors (Lipinski definition) is 3. The van der Waals surface area contributed by atoms with Crippen LogP contribution in [0.1, 0.15) is 27.9 Å². The third kappa shape index (κ3) is 3.48. The van der Waals surface area contributed by atoms with E-state index in [2.05, 4.69) is 0 Å². The molecule has 1 N–H and O–H groups in total. The first-order valence-electron chi connectivity index (χ1n) is 7.77. The molecular formula is C17H13F4NO4S. The molecule has 5 nitrogen and oxygen atoms in total. The Kier molecular flexibility index (Phi) is 4.62. The number of alkyl halides is 3. The summed E-state index contributed by atoms with van der Waals surface area (Å²) in [4.78, 5) is 10.4. The summed E-state index contributed by atoms with van der Waals surface area (Å²) >= 11 is 0. The molecule has 3 rings (SSSR count). The molecule has 0 saturated heterocycles. The highest BCUT2D eigenvalue weighted by Crippen LogP contribution is 2.36. The maximum Gasteiger partial charge on any atom is 0.419 e. The smallest absolute Gasteiger partial charge is 0.419 e. The lowest BCUT2D eigenvalue weighted by atomic mass is 10.0. The highest BCUT2D eigenvalue weighted by Gasteiger charge is 2.37. The largest absolute Gasteiger partial charge is 0.478 e. The van der Waals surface area contributed by atoms with E-state index in [1.54, 1.807) is 0 Å². The zero-order valence-corrected chi connectivity index (χ0v) is 14.4. The highest BCUT2D eigenvalue weighted by molar-refractivity contribution is 7.92. The Morgan fingerprint density at radius 2 is 1.81 bits per heavy atom. The van der Waals surface area contributed by atoms with E-state index in [-0.39, 0.29) is 23.9 Å². The van der Waals surface area contributed by atoms with Gasteiger partial charge >= 0.3 is 12.1 Å². The van der Waals surface area contributed by atoms with Crippen LogP contribution in [0.3, 0.4) is 0 Å². The molecule has 1 aliphatic heterocycles. The van der Waals surface area contributed by atoms with Crippen LogP contribution in [0.4, 0.5) is 23.2 Å². The van der Waals surface area contributed by atoms with Gasteiger partial charge < -0.3 is 5.11 Å². The lowest BCUT2D eigenvalue weighted by Crippen LogP contribution is -2.35. The van der Waals surface area contributed by atoms with E-state index in [9.17, 15) is 30.8 Å². The zero-order chi connectivity index (χ0) is 20.0. The van der Waals surface area contributed by atoms with Gasteiger partial charge in [-0.25, -0.2) is 17.6 Å². The van der Waals surface area contributed by atoms with Gasteiger partial charge in [0, 0.05) is 6.54 Å². The second kappa shape index (κ2) is 6.52. The summed E-state index contributed by atoms with van der Waals surface area (Å²) in [5.41, 5.74) is -1.02. The SMILES string of the molecule is O=C(O)c1ccc2c(c1)CCCN2S(=O)(=O)c1ccc(F)c(C(F)(F)F)c1. The molecule has 2 aromatic carbocycles. The number of anilines is 1. The lowest BCUT2D eigenvalue weighted by molar-refractivity contribution is -0.140. The third-order valence-electron chi connectivity index (χ3n) is 4.23. The molecule has 10 heteroatoms. The van der Waals surface area contributed by atoms with Crippen molar-refractivity contribution in [2.24, 2.45) is 0 Å². The average Bonchev–Trinajstić information content (AvgIpc) is 2.59. The van der Waals surface area contributed by atoms with E-state index in [0.29, 0.717) is 24.5 Å². The Labute approximate surface area is 151 Å². The zero-order valence-electron chi connectivity index (χ0n) is 13.6. The molecular weight excluding hydrogens is 390 g/mol. The van der Waals surface area contributed by atoms with Crippen LogP contribution in [0.2, 0.25) is 0 Å². The third-order valence-corrected chi connectivity index (χ3v) is 6.04. The van der Waals surface area contributed by atoms with Crippen molar-refractivity contribution in [3.05, 3.63) is 58.9 Å². The van der Waals surface area contributed by atoms with Gasteiger partial charge in [0.15, 0.2) is 0 Å². The monoisotopic (exact) mass is 403 g/mol. The fraction of sp³-hybridized carbons (Fsp3) is 0.235. The van der Waals surface area contributed by atoms with E-state index in [1.807, 2.05) is 0 Å². The van der Waals surface area contributed by atoms with Crippen molar-refractivity contribution in [3.63, 3.8) is 0 Å². The van der Waals surface area contributed by atoms with Crippen LogP contribution in [-0.2, 0) is 22.6 Å². The Morgan fingerprint density at radius 1 is 1.11 bits per heavy atom. The number of halogens is 4. The van der Waals surface area contributed by atoms with Gasteiger partial charge in [-0.2, -0.15) is 13.2 Å². The number of fused-ring (bicyclic) bond motifs is 1. The van der Waals surface area contributed by atoms with E-state index < -0.39 is 38.4 Å². The molecule has 0 radical (unpaired) electrons. The van der Waals surface area contributed by atoms with Crippen LogP contribution in [0.25, 0.3) is 0 Å². The molecule has 0 saturated carbocycles. The molecule has 0 fully saturated rings. The predicted molar refractivity (Wildman–Crippen MR) is 87.7 cm³/mol. The number of hydrogen-bond donors (Lipinski definition) is 1. The average molecular weight is 403 g/mol. The number of sulfonamides is 1. The Balaban J connectivity index is 2.09. The minimum atomic E-state index is -5.04. The molecule has 1 heterocycles. The Hall–Kier alpha value is -2.62. The van der Waals surface area contributed by atoms with Gasteiger partial charge in [0.2, 0.25) is 0 Å². The van der Waals surface area contributed by atoms with Crippen LogP contribution < -0.4 is 4.31 Å². The summed E-state index contributed by atoms with van der Waals surface area (Å²) in [6.07, 6.45) is -4.24. The number of nitrogens with zero attached hydrogens (tertiary/aromatic N) is 1. The lowest BCUT2D eigenvalue weighted by Gasteiger charge is -2.30. The molecule has 2 aromatic rings. The van der Waals surface area contributed by atoms with Crippen LogP contribution in [-0.4, -0.2) is 26.0 Å². The number of carboxylic acids is 1. The first-order chi connectivity index (χ1) is 12.5. The minimum Gasteiger partial charge on any atom is -0.478 e. The minimum absolute atomic E-state index is 0.0144. The van der Waals surface area contributed by atoms with Gasteiger partial charge in [-0.15, -0.1) is 0 Å². The first-order valence-corrected chi connectivity index (χ1v) is 9.21. The molecule has 27 heavy (non-hydrogen) atoms. The maximum absolute atomic E-state index is 13.5. The van der Waals surface area contributed by atoms with Crippen LogP contribution in [0, 0.1) is 5.82 Å². The molecule has 1 aliphatic rings. The van der Waals surface area contributed by atoms with Crippen LogP contribution in [0.5, 0.6) is 0 Å². The topological polar surface area (TPSA) is 74.7 Å². The number of aryl methyl sites for hydroxylation is 1. The van der Waals surface area contributed by atoms with Crippen molar-refractivity contribution in [3.8, 4) is 0 Å². The van der Waals surface area contributed by atoms with Gasteiger partial charge in [-0.1, -0.05) is 0 Å². The number of carboxylic acid groups (broad SMARTS) is 1. The molecule has 0 spiro atoms.